The molecule has 0 bridgehead atoms. The summed E-state index contributed by atoms with van der Waals surface area (Å²) in [4.78, 5) is 19.1. The van der Waals surface area contributed by atoms with Gasteiger partial charge in [-0.25, -0.2) is 4.98 Å². The summed E-state index contributed by atoms with van der Waals surface area (Å²) >= 11 is 16.9. The molecule has 0 unspecified atom stereocenters. The lowest BCUT2D eigenvalue weighted by Gasteiger charge is -1.99. The fraction of sp³-hybridized carbons (Fsp3) is 0. The van der Waals surface area contributed by atoms with Crippen molar-refractivity contribution in [3.05, 3.63) is 28.1 Å². The fourth-order valence-electron chi connectivity index (χ4n) is 0.890. The largest absolute Gasteiger partial charge is 0.259 e. The summed E-state index contributed by atoms with van der Waals surface area (Å²) in [6.07, 6.45) is 2.85. The Morgan fingerprint density at radius 1 is 0.800 bits per heavy atom. The topological polar surface area (TPSA) is 64.5 Å². The van der Waals surface area contributed by atoms with Crippen molar-refractivity contribution in [1.82, 2.24) is 24.9 Å². The zero-order valence-corrected chi connectivity index (χ0v) is 9.29. The molecule has 2 aromatic heterocycles. The number of rotatable bonds is 1. The average molecular weight is 262 g/mol. The standard InChI is InChI=1S/C7H2Cl3N5/c8-4-2-11-1-3(12-4)5-13-6(9)15-7(10)14-5/h1-2H. The Labute approximate surface area is 99.5 Å². The monoisotopic (exact) mass is 261 g/mol. The summed E-state index contributed by atoms with van der Waals surface area (Å²) in [5, 5.41) is 0.221. The second-order valence-electron chi connectivity index (χ2n) is 2.42. The molecule has 2 aromatic rings. The van der Waals surface area contributed by atoms with Crippen LogP contribution in [0.5, 0.6) is 0 Å². The Morgan fingerprint density at radius 2 is 1.47 bits per heavy atom. The van der Waals surface area contributed by atoms with Crippen molar-refractivity contribution in [2.45, 2.75) is 0 Å². The van der Waals surface area contributed by atoms with Crippen molar-refractivity contribution in [2.75, 3.05) is 0 Å². The van der Waals surface area contributed by atoms with E-state index in [4.69, 9.17) is 34.8 Å². The smallest absolute Gasteiger partial charge is 0.227 e. The van der Waals surface area contributed by atoms with Crippen LogP contribution in [0.25, 0.3) is 11.5 Å². The molecule has 0 saturated carbocycles. The number of halogens is 3. The van der Waals surface area contributed by atoms with Gasteiger partial charge in [-0.1, -0.05) is 11.6 Å². The van der Waals surface area contributed by atoms with Crippen molar-refractivity contribution >= 4 is 34.8 Å². The zero-order chi connectivity index (χ0) is 10.8. The summed E-state index contributed by atoms with van der Waals surface area (Å²) < 4.78 is 0. The lowest BCUT2D eigenvalue weighted by molar-refractivity contribution is 1.03. The van der Waals surface area contributed by atoms with E-state index >= 15 is 0 Å². The van der Waals surface area contributed by atoms with Gasteiger partial charge in [0, 0.05) is 0 Å². The highest BCUT2D eigenvalue weighted by atomic mass is 35.5. The van der Waals surface area contributed by atoms with Gasteiger partial charge in [0.1, 0.15) is 10.8 Å². The fourth-order valence-corrected chi connectivity index (χ4v) is 1.40. The van der Waals surface area contributed by atoms with Gasteiger partial charge in [-0.05, 0) is 23.2 Å². The molecule has 8 heteroatoms. The van der Waals surface area contributed by atoms with Gasteiger partial charge in [-0.3, -0.25) is 4.98 Å². The minimum atomic E-state index is -0.00762. The first-order valence-electron chi connectivity index (χ1n) is 3.70. The van der Waals surface area contributed by atoms with Crippen LogP contribution in [0.15, 0.2) is 12.4 Å². The molecule has 76 valence electrons. The van der Waals surface area contributed by atoms with E-state index in [1.807, 2.05) is 0 Å². The number of nitrogens with zero attached hydrogens (tertiary/aromatic N) is 5. The SMILES string of the molecule is Clc1cncc(-c2nc(Cl)nc(Cl)n2)n1. The van der Waals surface area contributed by atoms with E-state index in [2.05, 4.69) is 24.9 Å². The Bertz CT molecular complexity index is 483. The van der Waals surface area contributed by atoms with E-state index < -0.39 is 0 Å². The molecule has 0 N–H and O–H groups in total. The second-order valence-corrected chi connectivity index (χ2v) is 3.49. The maximum Gasteiger partial charge on any atom is 0.227 e. The van der Waals surface area contributed by atoms with Gasteiger partial charge in [0.05, 0.1) is 12.4 Å². The number of aromatic nitrogens is 5. The molecule has 0 saturated heterocycles. The molecular weight excluding hydrogens is 260 g/mol. The summed E-state index contributed by atoms with van der Waals surface area (Å²) in [7, 11) is 0. The van der Waals surface area contributed by atoms with Crippen molar-refractivity contribution < 1.29 is 0 Å². The van der Waals surface area contributed by atoms with Gasteiger partial charge in [-0.15, -0.1) is 0 Å². The van der Waals surface area contributed by atoms with Crippen molar-refractivity contribution in [3.63, 3.8) is 0 Å². The number of hydrogen-bond acceptors (Lipinski definition) is 5. The Balaban J connectivity index is 2.54. The maximum atomic E-state index is 5.66. The molecule has 0 amide bonds. The van der Waals surface area contributed by atoms with E-state index in [0.717, 1.165) is 0 Å². The predicted molar refractivity (Wildman–Crippen MR) is 55.9 cm³/mol. The summed E-state index contributed by atoms with van der Waals surface area (Å²) in [6.45, 7) is 0. The second kappa shape index (κ2) is 4.22. The van der Waals surface area contributed by atoms with E-state index in [9.17, 15) is 0 Å². The van der Waals surface area contributed by atoms with Crippen LogP contribution in [0, 0.1) is 0 Å². The van der Waals surface area contributed by atoms with E-state index in [-0.39, 0.29) is 21.5 Å². The van der Waals surface area contributed by atoms with Gasteiger partial charge in [0.2, 0.25) is 10.6 Å². The Morgan fingerprint density at radius 3 is 2.07 bits per heavy atom. The molecule has 2 heterocycles. The summed E-state index contributed by atoms with van der Waals surface area (Å²) in [5.41, 5.74) is 0.383. The van der Waals surface area contributed by atoms with Gasteiger partial charge < -0.3 is 0 Å². The van der Waals surface area contributed by atoms with Crippen molar-refractivity contribution in [2.24, 2.45) is 0 Å². The average Bonchev–Trinajstić information content (AvgIpc) is 2.16. The first-order chi connectivity index (χ1) is 7.15. The Kier molecular flexibility index (Phi) is 2.95. The van der Waals surface area contributed by atoms with Crippen molar-refractivity contribution in [1.29, 1.82) is 0 Å². The molecule has 2 rings (SSSR count). The molecule has 0 aromatic carbocycles. The third kappa shape index (κ3) is 2.50. The highest BCUT2D eigenvalue weighted by Gasteiger charge is 2.07. The van der Waals surface area contributed by atoms with Crippen LogP contribution in [0.3, 0.4) is 0 Å². The molecule has 0 atom stereocenters. The van der Waals surface area contributed by atoms with Gasteiger partial charge in [-0.2, -0.15) is 15.0 Å². The molecule has 0 radical (unpaired) electrons. The van der Waals surface area contributed by atoms with Crippen LogP contribution < -0.4 is 0 Å². The first-order valence-corrected chi connectivity index (χ1v) is 4.83. The van der Waals surface area contributed by atoms with Gasteiger partial charge in [0.15, 0.2) is 5.82 Å². The van der Waals surface area contributed by atoms with E-state index in [0.29, 0.717) is 5.69 Å². The molecule has 0 spiro atoms. The predicted octanol–water partition coefficient (Wildman–Crippen LogP) is 2.29. The lowest BCUT2D eigenvalue weighted by atomic mass is 10.4. The highest BCUT2D eigenvalue weighted by Crippen LogP contribution is 2.16. The van der Waals surface area contributed by atoms with Crippen LogP contribution in [-0.4, -0.2) is 24.9 Å². The van der Waals surface area contributed by atoms with Crippen molar-refractivity contribution in [3.8, 4) is 11.5 Å². The zero-order valence-electron chi connectivity index (χ0n) is 7.02. The van der Waals surface area contributed by atoms with Crippen LogP contribution in [0.2, 0.25) is 15.7 Å². The molecule has 0 aliphatic heterocycles. The van der Waals surface area contributed by atoms with Gasteiger partial charge in [0.25, 0.3) is 0 Å². The third-order valence-electron chi connectivity index (χ3n) is 1.42. The van der Waals surface area contributed by atoms with E-state index in [1.165, 1.54) is 12.4 Å². The van der Waals surface area contributed by atoms with Crippen LogP contribution >= 0.6 is 34.8 Å². The first kappa shape index (κ1) is 10.5. The third-order valence-corrected chi connectivity index (χ3v) is 1.94. The molecule has 0 aliphatic rings. The number of hydrogen-bond donors (Lipinski definition) is 0. The molecule has 5 nitrogen and oxygen atoms in total. The molecular formula is C7H2Cl3N5. The summed E-state index contributed by atoms with van der Waals surface area (Å²) in [5.74, 6) is 0.231. The minimum absolute atomic E-state index is 0.00762. The normalized spacial score (nSPS) is 10.3. The molecule has 15 heavy (non-hydrogen) atoms. The lowest BCUT2D eigenvalue weighted by Crippen LogP contribution is -1.96. The summed E-state index contributed by atoms with van der Waals surface area (Å²) in [6, 6.07) is 0. The molecule has 0 fully saturated rings. The van der Waals surface area contributed by atoms with Crippen LogP contribution in [0.1, 0.15) is 0 Å². The minimum Gasteiger partial charge on any atom is -0.259 e. The quantitative estimate of drug-likeness (QED) is 0.789. The Hall–Kier alpha value is -1.04. The van der Waals surface area contributed by atoms with E-state index in [1.54, 1.807) is 0 Å². The van der Waals surface area contributed by atoms with Crippen LogP contribution in [-0.2, 0) is 0 Å². The highest BCUT2D eigenvalue weighted by molar-refractivity contribution is 6.31. The maximum absolute atomic E-state index is 5.66. The van der Waals surface area contributed by atoms with Gasteiger partial charge >= 0.3 is 0 Å². The molecule has 0 aliphatic carbocycles. The van der Waals surface area contributed by atoms with Crippen LogP contribution in [0.4, 0.5) is 0 Å².